The van der Waals surface area contributed by atoms with E-state index < -0.39 is 45.0 Å². The summed E-state index contributed by atoms with van der Waals surface area (Å²) < 4.78 is 70.9. The highest BCUT2D eigenvalue weighted by Crippen LogP contribution is 2.32. The number of rotatable bonds is 7. The number of benzene rings is 1. The van der Waals surface area contributed by atoms with Crippen LogP contribution in [0.3, 0.4) is 0 Å². The van der Waals surface area contributed by atoms with E-state index in [1.54, 1.807) is 0 Å². The molecule has 15 heteroatoms. The quantitative estimate of drug-likeness (QED) is 0.559. The van der Waals surface area contributed by atoms with Gasteiger partial charge in [-0.3, -0.25) is 9.69 Å². The highest BCUT2D eigenvalue weighted by molar-refractivity contribution is 7.91. The molecule has 0 spiro atoms. The average molecular weight is 531 g/mol. The van der Waals surface area contributed by atoms with Gasteiger partial charge in [0.05, 0.1) is 24.0 Å². The zero-order chi connectivity index (χ0) is 25.3. The van der Waals surface area contributed by atoms with Gasteiger partial charge in [-0.15, -0.1) is 4.37 Å². The van der Waals surface area contributed by atoms with Crippen LogP contribution < -0.4 is 9.64 Å². The number of aliphatic hydroxyl groups excluding tert-OH is 1. The average Bonchev–Trinajstić information content (AvgIpc) is 3.45. The maximum Gasteiger partial charge on any atom is 0.414 e. The molecule has 4 rings (SSSR count). The van der Waals surface area contributed by atoms with Crippen molar-refractivity contribution in [2.24, 2.45) is 0 Å². The molecule has 1 N–H and O–H groups in total. The van der Waals surface area contributed by atoms with Crippen LogP contribution in [0.25, 0.3) is 5.57 Å². The molecular formula is C20H20F2N4O7S2. The van der Waals surface area contributed by atoms with Crippen molar-refractivity contribution in [3.8, 4) is 5.88 Å². The second-order valence-electron chi connectivity index (χ2n) is 7.90. The predicted molar refractivity (Wildman–Crippen MR) is 119 cm³/mol. The van der Waals surface area contributed by atoms with Crippen molar-refractivity contribution in [2.45, 2.75) is 18.0 Å². The van der Waals surface area contributed by atoms with Crippen molar-refractivity contribution < 1.29 is 41.4 Å². The number of amides is 2. The van der Waals surface area contributed by atoms with Crippen LogP contribution in [0, 0.1) is 11.6 Å². The second kappa shape index (κ2) is 9.83. The SMILES string of the molecule is CS(=O)(=O)C(O)C(=O)N1CC=C(c2c(F)cc(N3C[C@H](COc4cnsn4)OC3=O)cc2F)CC1. The summed E-state index contributed by atoms with van der Waals surface area (Å²) in [7, 11) is -4.00. The molecule has 1 fully saturated rings. The number of hydrogen-bond acceptors (Lipinski definition) is 10. The molecule has 35 heavy (non-hydrogen) atoms. The number of sulfone groups is 1. The third-order valence-electron chi connectivity index (χ3n) is 5.43. The Balaban J connectivity index is 1.45. The van der Waals surface area contributed by atoms with Crippen molar-refractivity contribution in [3.63, 3.8) is 0 Å². The van der Waals surface area contributed by atoms with Gasteiger partial charge in [-0.25, -0.2) is 22.0 Å². The van der Waals surface area contributed by atoms with E-state index in [9.17, 15) is 31.9 Å². The van der Waals surface area contributed by atoms with Gasteiger partial charge in [0.1, 0.15) is 24.4 Å². The van der Waals surface area contributed by atoms with Crippen molar-refractivity contribution in [2.75, 3.05) is 37.4 Å². The van der Waals surface area contributed by atoms with Gasteiger partial charge in [0, 0.05) is 24.9 Å². The van der Waals surface area contributed by atoms with Crippen LogP contribution in [-0.4, -0.2) is 83.2 Å². The van der Waals surface area contributed by atoms with E-state index in [2.05, 4.69) is 8.75 Å². The molecule has 3 heterocycles. The number of cyclic esters (lactones) is 1. The van der Waals surface area contributed by atoms with Gasteiger partial charge in [-0.05, 0) is 24.1 Å². The summed E-state index contributed by atoms with van der Waals surface area (Å²) in [6, 6.07) is 2.03. The molecule has 1 aromatic heterocycles. The number of nitrogens with zero attached hydrogens (tertiary/aromatic N) is 4. The third-order valence-corrected chi connectivity index (χ3v) is 6.90. The molecule has 2 aromatic rings. The molecule has 188 valence electrons. The lowest BCUT2D eigenvalue weighted by Gasteiger charge is -2.28. The zero-order valence-electron chi connectivity index (χ0n) is 18.3. The maximum absolute atomic E-state index is 14.9. The molecule has 2 atom stereocenters. The Labute approximate surface area is 202 Å². The smallest absolute Gasteiger partial charge is 0.414 e. The Morgan fingerprint density at radius 2 is 2.09 bits per heavy atom. The first-order valence-corrected chi connectivity index (χ1v) is 13.0. The molecule has 0 radical (unpaired) electrons. The van der Waals surface area contributed by atoms with Crippen LogP contribution in [0.15, 0.2) is 24.4 Å². The molecule has 2 aliphatic rings. The first-order chi connectivity index (χ1) is 16.5. The number of halogens is 2. The highest BCUT2D eigenvalue weighted by Gasteiger charge is 2.35. The van der Waals surface area contributed by atoms with Gasteiger partial charge in [0.15, 0.2) is 15.9 Å². The van der Waals surface area contributed by atoms with Gasteiger partial charge in [0.2, 0.25) is 11.3 Å². The van der Waals surface area contributed by atoms with Gasteiger partial charge < -0.3 is 19.5 Å². The lowest BCUT2D eigenvalue weighted by atomic mass is 9.97. The van der Waals surface area contributed by atoms with Crippen LogP contribution in [0.2, 0.25) is 0 Å². The van der Waals surface area contributed by atoms with Crippen molar-refractivity contribution in [1.82, 2.24) is 13.6 Å². The molecule has 11 nitrogen and oxygen atoms in total. The van der Waals surface area contributed by atoms with Gasteiger partial charge in [0.25, 0.3) is 5.91 Å². The summed E-state index contributed by atoms with van der Waals surface area (Å²) in [4.78, 5) is 26.6. The van der Waals surface area contributed by atoms with Gasteiger partial charge >= 0.3 is 6.09 Å². The molecule has 0 bridgehead atoms. The van der Waals surface area contributed by atoms with E-state index in [0.717, 1.165) is 39.9 Å². The molecule has 1 aromatic carbocycles. The summed E-state index contributed by atoms with van der Waals surface area (Å²) in [5.74, 6) is -2.56. The largest absolute Gasteiger partial charge is 0.472 e. The van der Waals surface area contributed by atoms with E-state index in [4.69, 9.17) is 9.47 Å². The number of aromatic nitrogens is 2. The first kappa shape index (κ1) is 24.9. The lowest BCUT2D eigenvalue weighted by Crippen LogP contribution is -2.44. The van der Waals surface area contributed by atoms with Crippen LogP contribution in [0.5, 0.6) is 5.88 Å². The number of carbonyl (C=O) groups excluding carboxylic acids is 2. The number of anilines is 1. The fraction of sp³-hybridized carbons (Fsp3) is 0.400. The Kier molecular flexibility index (Phi) is 7.00. The first-order valence-electron chi connectivity index (χ1n) is 10.3. The van der Waals surface area contributed by atoms with Crippen molar-refractivity contribution in [3.05, 3.63) is 41.6 Å². The minimum absolute atomic E-state index is 0.00711. The Morgan fingerprint density at radius 1 is 1.37 bits per heavy atom. The Hall–Kier alpha value is -3.17. The molecule has 0 saturated carbocycles. The van der Waals surface area contributed by atoms with Crippen molar-refractivity contribution in [1.29, 1.82) is 0 Å². The summed E-state index contributed by atoms with van der Waals surface area (Å²) in [6.07, 6.45) is 2.11. The molecule has 2 amide bonds. The number of hydrogen-bond donors (Lipinski definition) is 1. The summed E-state index contributed by atoms with van der Waals surface area (Å²) in [5.41, 5.74) is -2.27. The zero-order valence-corrected chi connectivity index (χ0v) is 19.9. The molecule has 1 unspecified atom stereocenters. The van der Waals surface area contributed by atoms with E-state index in [-0.39, 0.29) is 55.4 Å². The minimum atomic E-state index is -4.00. The van der Waals surface area contributed by atoms with Gasteiger partial charge in [-0.1, -0.05) is 6.08 Å². The second-order valence-corrected chi connectivity index (χ2v) is 10.6. The number of aliphatic hydroxyl groups is 1. The van der Waals surface area contributed by atoms with E-state index in [1.807, 2.05) is 0 Å². The number of ether oxygens (including phenoxy) is 2. The molecule has 0 aliphatic carbocycles. The fourth-order valence-electron chi connectivity index (χ4n) is 3.68. The van der Waals surface area contributed by atoms with Crippen LogP contribution in [0.4, 0.5) is 19.3 Å². The fourth-order valence-corrected chi connectivity index (χ4v) is 4.56. The monoisotopic (exact) mass is 530 g/mol. The van der Waals surface area contributed by atoms with Crippen LogP contribution >= 0.6 is 11.7 Å². The van der Waals surface area contributed by atoms with Crippen LogP contribution in [-0.2, 0) is 19.4 Å². The van der Waals surface area contributed by atoms with Gasteiger partial charge in [-0.2, -0.15) is 4.37 Å². The molecular weight excluding hydrogens is 510 g/mol. The molecule has 1 saturated heterocycles. The Morgan fingerprint density at radius 3 is 2.66 bits per heavy atom. The molecule has 2 aliphatic heterocycles. The third kappa shape index (κ3) is 5.41. The normalized spacial score (nSPS) is 19.4. The van der Waals surface area contributed by atoms with E-state index >= 15 is 0 Å². The van der Waals surface area contributed by atoms with Crippen LogP contribution in [0.1, 0.15) is 12.0 Å². The van der Waals surface area contributed by atoms with E-state index in [1.165, 1.54) is 12.3 Å². The summed E-state index contributed by atoms with van der Waals surface area (Å²) >= 11 is 0.954. The highest BCUT2D eigenvalue weighted by atomic mass is 32.2. The number of carbonyl (C=O) groups is 2. The standard InChI is InChI=1S/C20H20F2N4O7S2/c1-35(30,31)19(28)18(27)25-4-2-11(3-5-25)17-14(21)6-12(7-15(17)22)26-9-13(33-20(26)29)10-32-16-8-23-34-24-16/h2,6-8,13,19,28H,3-5,9-10H2,1H3/t13-,19?/m1/s1. The maximum atomic E-state index is 14.9. The predicted octanol–water partition coefficient (Wildman–Crippen LogP) is 1.20. The lowest BCUT2D eigenvalue weighted by molar-refractivity contribution is -0.135. The van der Waals surface area contributed by atoms with Crippen molar-refractivity contribution >= 4 is 44.8 Å². The Bertz CT molecular complexity index is 1250. The summed E-state index contributed by atoms with van der Waals surface area (Å²) in [6.45, 7) is -0.160. The summed E-state index contributed by atoms with van der Waals surface area (Å²) in [5, 5.41) is 9.66. The van der Waals surface area contributed by atoms with E-state index in [0.29, 0.717) is 0 Å². The minimum Gasteiger partial charge on any atom is -0.472 e. The topological polar surface area (TPSA) is 139 Å².